The minimum Gasteiger partial charge on any atom is -0.480 e. The molecule has 1 atom stereocenters. The zero-order chi connectivity index (χ0) is 19.5. The van der Waals surface area contributed by atoms with Crippen LogP contribution >= 0.6 is 0 Å². The summed E-state index contributed by atoms with van der Waals surface area (Å²) in [7, 11) is -5.28. The first-order valence-corrected chi connectivity index (χ1v) is 8.17. The maximum Gasteiger partial charge on any atom is 0.321 e. The maximum absolute atomic E-state index is 13.8. The van der Waals surface area contributed by atoms with Crippen LogP contribution in [0.5, 0.6) is 0 Å². The first-order valence-electron chi connectivity index (χ1n) is 6.73. The number of nitrogens with one attached hydrogen (secondary N) is 1. The third-order valence-electron chi connectivity index (χ3n) is 3.13. The fraction of sp³-hybridized carbons (Fsp3) is 0.385. The summed E-state index contributed by atoms with van der Waals surface area (Å²) in [6.45, 7) is 0.888. The molecule has 1 amide bonds. The number of benzene rings is 1. The van der Waals surface area contributed by atoms with Gasteiger partial charge in [-0.15, -0.1) is 0 Å². The van der Waals surface area contributed by atoms with Gasteiger partial charge in [0.2, 0.25) is 15.9 Å². The molecule has 1 aromatic rings. The monoisotopic (exact) mass is 386 g/mol. The molecule has 0 aliphatic rings. The number of rotatable bonds is 7. The number of hydrogen-bond acceptors (Lipinski definition) is 4. The van der Waals surface area contributed by atoms with Gasteiger partial charge in [0, 0.05) is 26.1 Å². The Morgan fingerprint density at radius 3 is 2.08 bits per heavy atom. The Balaban J connectivity index is 3.47. The average molecular weight is 386 g/mol. The van der Waals surface area contributed by atoms with Crippen molar-refractivity contribution in [3.63, 3.8) is 0 Å². The van der Waals surface area contributed by atoms with E-state index in [1.165, 1.54) is 0 Å². The fourth-order valence-corrected chi connectivity index (χ4v) is 3.60. The Kier molecular flexibility index (Phi) is 6.48. The molecule has 25 heavy (non-hydrogen) atoms. The van der Waals surface area contributed by atoms with Gasteiger partial charge in [-0.25, -0.2) is 26.0 Å². The molecule has 0 bridgehead atoms. The predicted molar refractivity (Wildman–Crippen MR) is 75.9 cm³/mol. The SMILES string of the molecule is CC(=O)NCCN(C(C)C(=O)O)S(=O)(=O)c1c(F)c(F)cc(F)c1F. The molecule has 0 saturated carbocycles. The number of carbonyl (C=O) groups excluding carboxylic acids is 1. The van der Waals surface area contributed by atoms with Crippen LogP contribution < -0.4 is 5.32 Å². The first-order chi connectivity index (χ1) is 11.4. The summed E-state index contributed by atoms with van der Waals surface area (Å²) in [6.07, 6.45) is 0. The van der Waals surface area contributed by atoms with E-state index in [2.05, 4.69) is 5.32 Å². The topological polar surface area (TPSA) is 104 Å². The fourth-order valence-electron chi connectivity index (χ4n) is 1.88. The lowest BCUT2D eigenvalue weighted by Gasteiger charge is -2.26. The molecule has 0 fully saturated rings. The van der Waals surface area contributed by atoms with Crippen molar-refractivity contribution in [3.8, 4) is 0 Å². The number of aliphatic carboxylic acids is 1. The average Bonchev–Trinajstić information content (AvgIpc) is 2.48. The number of hydrogen-bond donors (Lipinski definition) is 2. The van der Waals surface area contributed by atoms with Crippen molar-refractivity contribution in [2.75, 3.05) is 13.1 Å². The largest absolute Gasteiger partial charge is 0.480 e. The highest BCUT2D eigenvalue weighted by molar-refractivity contribution is 7.89. The second-order valence-electron chi connectivity index (χ2n) is 4.91. The van der Waals surface area contributed by atoms with Crippen molar-refractivity contribution in [1.29, 1.82) is 0 Å². The Morgan fingerprint density at radius 2 is 1.68 bits per heavy atom. The lowest BCUT2D eigenvalue weighted by atomic mass is 10.3. The molecular formula is C13H14F4N2O5S. The van der Waals surface area contributed by atoms with Gasteiger partial charge in [0.25, 0.3) is 0 Å². The van der Waals surface area contributed by atoms with Gasteiger partial charge < -0.3 is 10.4 Å². The van der Waals surface area contributed by atoms with Crippen molar-refractivity contribution >= 4 is 21.9 Å². The van der Waals surface area contributed by atoms with Crippen molar-refractivity contribution in [1.82, 2.24) is 9.62 Å². The number of amides is 1. The molecule has 7 nitrogen and oxygen atoms in total. The standard InChI is InChI=1S/C13H14F4N2O5S/c1-6(13(21)22)19(4-3-18-7(2)20)25(23,24)12-10(16)8(14)5-9(15)11(12)17/h5-6H,3-4H2,1-2H3,(H,18,20)(H,21,22). The normalized spacial score (nSPS) is 12.9. The van der Waals surface area contributed by atoms with E-state index in [1.807, 2.05) is 0 Å². The Morgan fingerprint density at radius 1 is 1.20 bits per heavy atom. The molecule has 1 unspecified atom stereocenters. The number of halogens is 4. The van der Waals surface area contributed by atoms with E-state index in [9.17, 15) is 35.6 Å². The first kappa shape index (κ1) is 20.8. The van der Waals surface area contributed by atoms with Crippen LogP contribution in [0.3, 0.4) is 0 Å². The zero-order valence-electron chi connectivity index (χ0n) is 13.0. The van der Waals surface area contributed by atoms with Crippen molar-refractivity contribution in [2.45, 2.75) is 24.8 Å². The summed E-state index contributed by atoms with van der Waals surface area (Å²) in [5, 5.41) is 11.2. The van der Waals surface area contributed by atoms with Crippen molar-refractivity contribution in [2.24, 2.45) is 0 Å². The van der Waals surface area contributed by atoms with Gasteiger partial charge in [-0.05, 0) is 6.92 Å². The lowest BCUT2D eigenvalue weighted by molar-refractivity contribution is -0.140. The van der Waals surface area contributed by atoms with Crippen molar-refractivity contribution < 1.29 is 40.7 Å². The van der Waals surface area contributed by atoms with Gasteiger partial charge in [-0.1, -0.05) is 0 Å². The molecule has 1 rings (SSSR count). The van der Waals surface area contributed by atoms with E-state index < -0.39 is 69.2 Å². The van der Waals surface area contributed by atoms with E-state index in [1.54, 1.807) is 0 Å². The van der Waals surface area contributed by atoms with Crippen LogP contribution in [0.4, 0.5) is 17.6 Å². The summed E-state index contributed by atoms with van der Waals surface area (Å²) < 4.78 is 79.2. The molecule has 0 saturated heterocycles. The highest BCUT2D eigenvalue weighted by atomic mass is 32.2. The Bertz CT molecular complexity index is 774. The second-order valence-corrected chi connectivity index (χ2v) is 6.74. The molecule has 0 radical (unpaired) electrons. The van der Waals surface area contributed by atoms with Crippen LogP contribution in [0.15, 0.2) is 11.0 Å². The Hall–Kier alpha value is -2.21. The lowest BCUT2D eigenvalue weighted by Crippen LogP contribution is -2.47. The molecule has 140 valence electrons. The van der Waals surface area contributed by atoms with Gasteiger partial charge in [-0.2, -0.15) is 4.31 Å². The smallest absolute Gasteiger partial charge is 0.321 e. The van der Waals surface area contributed by atoms with E-state index >= 15 is 0 Å². The van der Waals surface area contributed by atoms with Gasteiger partial charge in [-0.3, -0.25) is 9.59 Å². The minimum atomic E-state index is -5.28. The van der Waals surface area contributed by atoms with Crippen LogP contribution in [-0.4, -0.2) is 48.8 Å². The minimum absolute atomic E-state index is 0.117. The summed E-state index contributed by atoms with van der Waals surface area (Å²) in [6, 6.07) is -2.00. The molecular weight excluding hydrogens is 372 g/mol. The predicted octanol–water partition coefficient (Wildman–Crippen LogP) is 0.843. The summed E-state index contributed by atoms with van der Waals surface area (Å²) in [5.41, 5.74) is 0. The van der Waals surface area contributed by atoms with Gasteiger partial charge >= 0.3 is 5.97 Å². The number of carboxylic acids is 1. The van der Waals surface area contributed by atoms with E-state index in [0.29, 0.717) is 0 Å². The highest BCUT2D eigenvalue weighted by Crippen LogP contribution is 2.27. The molecule has 12 heteroatoms. The third kappa shape index (κ3) is 4.45. The molecule has 1 aromatic carbocycles. The van der Waals surface area contributed by atoms with Crippen molar-refractivity contribution in [3.05, 3.63) is 29.3 Å². The molecule has 0 heterocycles. The molecule has 0 aliphatic heterocycles. The molecule has 0 aromatic heterocycles. The Labute approximate surface area is 140 Å². The van der Waals surface area contributed by atoms with Crippen LogP contribution in [0.25, 0.3) is 0 Å². The van der Waals surface area contributed by atoms with Gasteiger partial charge in [0.1, 0.15) is 6.04 Å². The maximum atomic E-state index is 13.8. The zero-order valence-corrected chi connectivity index (χ0v) is 13.8. The number of carboxylic acid groups (broad SMARTS) is 1. The summed E-state index contributed by atoms with van der Waals surface area (Å²) in [4.78, 5) is 20.0. The van der Waals surface area contributed by atoms with Crippen LogP contribution in [0.1, 0.15) is 13.8 Å². The molecule has 2 N–H and O–H groups in total. The molecule has 0 aliphatic carbocycles. The summed E-state index contributed by atoms with van der Waals surface area (Å²) >= 11 is 0. The highest BCUT2D eigenvalue weighted by Gasteiger charge is 2.38. The second kappa shape index (κ2) is 7.78. The van der Waals surface area contributed by atoms with E-state index in [0.717, 1.165) is 13.8 Å². The van der Waals surface area contributed by atoms with Crippen LogP contribution in [-0.2, 0) is 19.6 Å². The number of nitrogens with zero attached hydrogens (tertiary/aromatic N) is 1. The van der Waals surface area contributed by atoms with E-state index in [-0.39, 0.29) is 10.4 Å². The quantitative estimate of drug-likeness (QED) is 0.534. The van der Waals surface area contributed by atoms with Gasteiger partial charge in [0.15, 0.2) is 28.2 Å². The molecule has 0 spiro atoms. The number of sulfonamides is 1. The summed E-state index contributed by atoms with van der Waals surface area (Å²) in [5.74, 6) is -10.5. The van der Waals surface area contributed by atoms with Gasteiger partial charge in [0.05, 0.1) is 0 Å². The third-order valence-corrected chi connectivity index (χ3v) is 5.12. The van der Waals surface area contributed by atoms with Crippen LogP contribution in [0.2, 0.25) is 0 Å². The van der Waals surface area contributed by atoms with E-state index in [4.69, 9.17) is 5.11 Å². The number of carbonyl (C=O) groups is 2. The van der Waals surface area contributed by atoms with Crippen LogP contribution in [0, 0.1) is 23.3 Å².